The fourth-order valence-corrected chi connectivity index (χ4v) is 2.83. The maximum absolute atomic E-state index is 11.3. The zero-order valence-corrected chi connectivity index (χ0v) is 10.8. The Bertz CT molecular complexity index is 624. The number of fused-ring (bicyclic) bond motifs is 1. The molecule has 1 aliphatic heterocycles. The Kier molecular flexibility index (Phi) is 2.98. The van der Waals surface area contributed by atoms with Gasteiger partial charge in [-0.3, -0.25) is 9.78 Å². The number of rotatable bonds is 2. The van der Waals surface area contributed by atoms with E-state index in [1.807, 2.05) is 22.8 Å². The van der Waals surface area contributed by atoms with Gasteiger partial charge >= 0.3 is 5.97 Å². The first-order chi connectivity index (χ1) is 9.18. The van der Waals surface area contributed by atoms with E-state index in [1.54, 1.807) is 6.20 Å². The highest BCUT2D eigenvalue weighted by Gasteiger charge is 2.32. The van der Waals surface area contributed by atoms with Gasteiger partial charge in [-0.15, -0.1) is 0 Å². The molecule has 0 fully saturated rings. The predicted octanol–water partition coefficient (Wildman–Crippen LogP) is 2.56. The lowest BCUT2D eigenvalue weighted by Crippen LogP contribution is -2.22. The molecule has 2 aromatic rings. The number of carboxylic acid groups (broad SMARTS) is 1. The van der Waals surface area contributed by atoms with Gasteiger partial charge in [0, 0.05) is 12.7 Å². The molecule has 0 spiro atoms. The topological polar surface area (TPSA) is 68.0 Å². The number of imidazole rings is 1. The van der Waals surface area contributed by atoms with Crippen molar-refractivity contribution in [1.29, 1.82) is 0 Å². The molecule has 6 heteroatoms. The summed E-state index contributed by atoms with van der Waals surface area (Å²) < 4.78 is 1.88. The molecule has 0 saturated carbocycles. The van der Waals surface area contributed by atoms with Gasteiger partial charge in [-0.05, 0) is 25.0 Å². The number of carbonyl (C=O) groups is 1. The number of pyridine rings is 1. The predicted molar refractivity (Wildman–Crippen MR) is 70.1 cm³/mol. The second kappa shape index (κ2) is 4.66. The first-order valence-corrected chi connectivity index (χ1v) is 6.46. The van der Waals surface area contributed by atoms with Gasteiger partial charge in [-0.25, -0.2) is 4.98 Å². The highest BCUT2D eigenvalue weighted by Crippen LogP contribution is 2.36. The van der Waals surface area contributed by atoms with Crippen molar-refractivity contribution < 1.29 is 9.90 Å². The number of aromatic nitrogens is 3. The van der Waals surface area contributed by atoms with Crippen molar-refractivity contribution in [3.05, 3.63) is 35.2 Å². The summed E-state index contributed by atoms with van der Waals surface area (Å²) in [7, 11) is 0. The maximum Gasteiger partial charge on any atom is 0.312 e. The molecule has 0 bridgehead atoms. The number of nitrogens with zero attached hydrogens (tertiary/aromatic N) is 3. The molecule has 2 aromatic heterocycles. The molecule has 98 valence electrons. The van der Waals surface area contributed by atoms with E-state index in [1.165, 1.54) is 0 Å². The van der Waals surface area contributed by atoms with Crippen LogP contribution in [0.5, 0.6) is 0 Å². The van der Waals surface area contributed by atoms with Crippen molar-refractivity contribution in [1.82, 2.24) is 14.5 Å². The van der Waals surface area contributed by atoms with Crippen molar-refractivity contribution in [2.75, 3.05) is 0 Å². The Morgan fingerprint density at radius 3 is 3.00 bits per heavy atom. The largest absolute Gasteiger partial charge is 0.481 e. The van der Waals surface area contributed by atoms with Gasteiger partial charge in [0.25, 0.3) is 0 Å². The highest BCUT2D eigenvalue weighted by molar-refractivity contribution is 6.30. The zero-order chi connectivity index (χ0) is 13.4. The van der Waals surface area contributed by atoms with Gasteiger partial charge in [-0.2, -0.15) is 0 Å². The summed E-state index contributed by atoms with van der Waals surface area (Å²) >= 11 is 6.13. The third-order valence-electron chi connectivity index (χ3n) is 3.36. The second-order valence-corrected chi connectivity index (χ2v) is 4.87. The monoisotopic (exact) mass is 277 g/mol. The van der Waals surface area contributed by atoms with E-state index in [4.69, 9.17) is 11.6 Å². The third kappa shape index (κ3) is 2.00. The average molecular weight is 278 g/mol. The van der Waals surface area contributed by atoms with Gasteiger partial charge in [0.15, 0.2) is 11.0 Å². The van der Waals surface area contributed by atoms with E-state index in [-0.39, 0.29) is 5.15 Å². The molecule has 3 rings (SSSR count). The van der Waals surface area contributed by atoms with Crippen LogP contribution in [0.3, 0.4) is 0 Å². The minimum Gasteiger partial charge on any atom is -0.481 e. The Balaban J connectivity index is 2.15. The maximum atomic E-state index is 11.3. The quantitative estimate of drug-likeness (QED) is 0.916. The van der Waals surface area contributed by atoms with Crippen molar-refractivity contribution in [3.63, 3.8) is 0 Å². The van der Waals surface area contributed by atoms with E-state index in [2.05, 4.69) is 9.97 Å². The number of carboxylic acids is 1. The normalized spacial score (nSPS) is 18.1. The molecule has 0 amide bonds. The lowest BCUT2D eigenvalue weighted by atomic mass is 9.96. The molecule has 0 aliphatic carbocycles. The molecule has 3 heterocycles. The van der Waals surface area contributed by atoms with Crippen molar-refractivity contribution in [2.45, 2.75) is 25.3 Å². The molecular formula is C13H12ClN3O2. The molecule has 0 aromatic carbocycles. The van der Waals surface area contributed by atoms with Crippen LogP contribution in [0.15, 0.2) is 24.4 Å². The lowest BCUT2D eigenvalue weighted by molar-refractivity contribution is -0.139. The van der Waals surface area contributed by atoms with Crippen molar-refractivity contribution >= 4 is 17.6 Å². The van der Waals surface area contributed by atoms with Gasteiger partial charge in [-0.1, -0.05) is 17.7 Å². The van der Waals surface area contributed by atoms with E-state index in [0.29, 0.717) is 23.6 Å². The first-order valence-electron chi connectivity index (χ1n) is 6.08. The second-order valence-electron chi connectivity index (χ2n) is 4.51. The molecule has 1 unspecified atom stereocenters. The van der Waals surface area contributed by atoms with Gasteiger partial charge in [0.2, 0.25) is 0 Å². The number of hydrogen-bond donors (Lipinski definition) is 1. The average Bonchev–Trinajstić information content (AvgIpc) is 2.77. The number of aliphatic carboxylic acids is 1. The summed E-state index contributed by atoms with van der Waals surface area (Å²) in [5.74, 6) is -0.784. The van der Waals surface area contributed by atoms with Crippen LogP contribution < -0.4 is 0 Å². The van der Waals surface area contributed by atoms with Crippen molar-refractivity contribution in [3.8, 4) is 11.5 Å². The summed E-state index contributed by atoms with van der Waals surface area (Å²) in [5.41, 5.74) is 1.31. The van der Waals surface area contributed by atoms with Crippen LogP contribution in [0.25, 0.3) is 11.5 Å². The Morgan fingerprint density at radius 1 is 1.47 bits per heavy atom. The van der Waals surface area contributed by atoms with E-state index >= 15 is 0 Å². The van der Waals surface area contributed by atoms with Crippen LogP contribution in [0.4, 0.5) is 0 Å². The standard InChI is InChI=1S/C13H12ClN3O2/c14-11-10-8(13(18)19)4-3-7-17(10)12(16-11)9-5-1-2-6-15-9/h1-2,5-6,8H,3-4,7H2,(H,18,19). The van der Waals surface area contributed by atoms with Gasteiger partial charge < -0.3 is 9.67 Å². The van der Waals surface area contributed by atoms with Crippen LogP contribution in [0.2, 0.25) is 5.15 Å². The molecule has 1 aliphatic rings. The van der Waals surface area contributed by atoms with Crippen LogP contribution in [0, 0.1) is 0 Å². The highest BCUT2D eigenvalue weighted by atomic mass is 35.5. The third-order valence-corrected chi connectivity index (χ3v) is 3.64. The smallest absolute Gasteiger partial charge is 0.312 e. The first kappa shape index (κ1) is 12.2. The summed E-state index contributed by atoms with van der Waals surface area (Å²) in [6.45, 7) is 0.727. The summed E-state index contributed by atoms with van der Waals surface area (Å²) in [5, 5.41) is 9.54. The molecule has 1 atom stereocenters. The summed E-state index contributed by atoms with van der Waals surface area (Å²) in [6, 6.07) is 5.54. The van der Waals surface area contributed by atoms with E-state index in [0.717, 1.165) is 13.0 Å². The fraction of sp³-hybridized carbons (Fsp3) is 0.308. The molecule has 0 radical (unpaired) electrons. The molecular weight excluding hydrogens is 266 g/mol. The Hall–Kier alpha value is -1.88. The molecule has 5 nitrogen and oxygen atoms in total. The van der Waals surface area contributed by atoms with Crippen molar-refractivity contribution in [2.24, 2.45) is 0 Å². The van der Waals surface area contributed by atoms with Crippen LogP contribution in [0.1, 0.15) is 24.5 Å². The molecule has 19 heavy (non-hydrogen) atoms. The number of hydrogen-bond acceptors (Lipinski definition) is 3. The number of halogens is 1. The van der Waals surface area contributed by atoms with Crippen LogP contribution in [-0.4, -0.2) is 25.6 Å². The minimum atomic E-state index is -0.852. The SMILES string of the molecule is O=C(O)C1CCCn2c(-c3ccccn3)nc(Cl)c21. The molecule has 0 saturated heterocycles. The minimum absolute atomic E-state index is 0.271. The van der Waals surface area contributed by atoms with E-state index in [9.17, 15) is 9.90 Å². The molecule has 1 N–H and O–H groups in total. The van der Waals surface area contributed by atoms with Crippen LogP contribution >= 0.6 is 11.6 Å². The van der Waals surface area contributed by atoms with Gasteiger partial charge in [0.05, 0.1) is 5.69 Å². The van der Waals surface area contributed by atoms with Gasteiger partial charge in [0.1, 0.15) is 11.6 Å². The zero-order valence-electron chi connectivity index (χ0n) is 10.1. The fourth-order valence-electron chi connectivity index (χ4n) is 2.52. The lowest BCUT2D eigenvalue weighted by Gasteiger charge is -2.22. The summed E-state index contributed by atoms with van der Waals surface area (Å²) in [6.07, 6.45) is 3.08. The summed E-state index contributed by atoms with van der Waals surface area (Å²) in [4.78, 5) is 19.8. The van der Waals surface area contributed by atoms with Crippen LogP contribution in [-0.2, 0) is 11.3 Å². The Labute approximate surface area is 114 Å². The Morgan fingerprint density at radius 2 is 2.32 bits per heavy atom. The van der Waals surface area contributed by atoms with E-state index < -0.39 is 11.9 Å².